The maximum absolute atomic E-state index is 9.08. The first-order valence-corrected chi connectivity index (χ1v) is 4.23. The summed E-state index contributed by atoms with van der Waals surface area (Å²) in [7, 11) is 0. The summed E-state index contributed by atoms with van der Waals surface area (Å²) in [5, 5.41) is 9.08. The topological polar surface area (TPSA) is 23.5 Å². The third-order valence-corrected chi connectivity index (χ3v) is 2.90. The van der Waals surface area contributed by atoms with Gasteiger partial charge in [0, 0.05) is 5.54 Å². The molecule has 2 fully saturated rings. The Morgan fingerprint density at radius 1 is 1.18 bits per heavy atom. The molecule has 1 N–H and O–H groups in total. The Bertz CT molecular complexity index is 130. The molecular formula is C8H16ClNO. The van der Waals surface area contributed by atoms with Crippen LogP contribution in [0.1, 0.15) is 25.7 Å². The van der Waals surface area contributed by atoms with Crippen molar-refractivity contribution in [1.29, 1.82) is 0 Å². The predicted molar refractivity (Wildman–Crippen MR) is 47.1 cm³/mol. The van der Waals surface area contributed by atoms with Gasteiger partial charge in [0.2, 0.25) is 0 Å². The first kappa shape index (κ1) is 9.30. The van der Waals surface area contributed by atoms with Gasteiger partial charge >= 0.3 is 0 Å². The molecule has 1 heterocycles. The average Bonchev–Trinajstić information content (AvgIpc) is 2.58. The van der Waals surface area contributed by atoms with Crippen LogP contribution >= 0.6 is 12.4 Å². The van der Waals surface area contributed by atoms with Crippen LogP contribution in [-0.4, -0.2) is 35.2 Å². The second kappa shape index (κ2) is 3.30. The van der Waals surface area contributed by atoms with Gasteiger partial charge in [-0.3, -0.25) is 4.90 Å². The monoisotopic (exact) mass is 177 g/mol. The molecule has 0 unspecified atom stereocenters. The van der Waals surface area contributed by atoms with E-state index in [2.05, 4.69) is 4.90 Å². The van der Waals surface area contributed by atoms with Crippen molar-refractivity contribution in [2.24, 2.45) is 0 Å². The summed E-state index contributed by atoms with van der Waals surface area (Å²) >= 11 is 0. The highest BCUT2D eigenvalue weighted by Gasteiger charge is 2.47. The highest BCUT2D eigenvalue weighted by molar-refractivity contribution is 5.85. The standard InChI is InChI=1S/C8H15NO.ClH/c10-7-8(3-4-8)9-5-1-2-6-9;/h10H,1-7H2;1H. The van der Waals surface area contributed by atoms with E-state index < -0.39 is 0 Å². The van der Waals surface area contributed by atoms with Gasteiger partial charge in [0.05, 0.1) is 6.61 Å². The molecule has 2 rings (SSSR count). The second-order valence-electron chi connectivity index (χ2n) is 3.58. The molecule has 0 aromatic rings. The first-order valence-electron chi connectivity index (χ1n) is 4.23. The van der Waals surface area contributed by atoms with Crippen molar-refractivity contribution in [3.8, 4) is 0 Å². The molecule has 66 valence electrons. The fraction of sp³-hybridized carbons (Fsp3) is 1.00. The number of aliphatic hydroxyl groups excluding tert-OH is 1. The summed E-state index contributed by atoms with van der Waals surface area (Å²) < 4.78 is 0. The van der Waals surface area contributed by atoms with E-state index in [0.29, 0.717) is 6.61 Å². The van der Waals surface area contributed by atoms with Crippen LogP contribution in [-0.2, 0) is 0 Å². The Balaban J connectivity index is 0.000000605. The first-order chi connectivity index (χ1) is 4.87. The fourth-order valence-electron chi connectivity index (χ4n) is 1.91. The van der Waals surface area contributed by atoms with E-state index in [1.54, 1.807) is 0 Å². The smallest absolute Gasteiger partial charge is 0.0615 e. The van der Waals surface area contributed by atoms with Gasteiger partial charge in [-0.2, -0.15) is 0 Å². The number of rotatable bonds is 2. The number of aliphatic hydroxyl groups is 1. The van der Waals surface area contributed by atoms with E-state index >= 15 is 0 Å². The van der Waals surface area contributed by atoms with Crippen molar-refractivity contribution in [2.45, 2.75) is 31.2 Å². The van der Waals surface area contributed by atoms with Crippen LogP contribution in [0.3, 0.4) is 0 Å². The molecule has 1 saturated carbocycles. The van der Waals surface area contributed by atoms with E-state index in [-0.39, 0.29) is 17.9 Å². The molecule has 0 amide bonds. The van der Waals surface area contributed by atoms with Gasteiger partial charge in [0.25, 0.3) is 0 Å². The van der Waals surface area contributed by atoms with Crippen molar-refractivity contribution in [3.05, 3.63) is 0 Å². The lowest BCUT2D eigenvalue weighted by molar-refractivity contribution is 0.128. The largest absolute Gasteiger partial charge is 0.394 e. The number of hydrogen-bond acceptors (Lipinski definition) is 2. The molecule has 0 radical (unpaired) electrons. The quantitative estimate of drug-likeness (QED) is 0.681. The number of halogens is 1. The van der Waals surface area contributed by atoms with E-state index in [1.807, 2.05) is 0 Å². The minimum absolute atomic E-state index is 0. The van der Waals surface area contributed by atoms with Crippen LogP contribution in [0, 0.1) is 0 Å². The molecule has 0 aromatic heterocycles. The van der Waals surface area contributed by atoms with Gasteiger partial charge in [-0.25, -0.2) is 0 Å². The van der Waals surface area contributed by atoms with Crippen molar-refractivity contribution in [1.82, 2.24) is 4.90 Å². The molecule has 2 nitrogen and oxygen atoms in total. The Kier molecular flexibility index (Phi) is 2.79. The summed E-state index contributed by atoms with van der Waals surface area (Å²) in [6.45, 7) is 2.83. The Hall–Kier alpha value is 0.210. The number of nitrogens with zero attached hydrogens (tertiary/aromatic N) is 1. The molecule has 1 saturated heterocycles. The lowest BCUT2D eigenvalue weighted by Crippen LogP contribution is -2.37. The lowest BCUT2D eigenvalue weighted by Gasteiger charge is -2.24. The SMILES string of the molecule is Cl.OCC1(N2CCCC2)CC1. The minimum Gasteiger partial charge on any atom is -0.394 e. The Labute approximate surface area is 74.0 Å². The van der Waals surface area contributed by atoms with Gasteiger partial charge in [-0.05, 0) is 38.8 Å². The zero-order chi connectivity index (χ0) is 7.03. The van der Waals surface area contributed by atoms with E-state index in [0.717, 1.165) is 0 Å². The zero-order valence-electron chi connectivity index (χ0n) is 6.75. The summed E-state index contributed by atoms with van der Waals surface area (Å²) in [5.41, 5.74) is 0.260. The molecular weight excluding hydrogens is 162 g/mol. The van der Waals surface area contributed by atoms with Crippen molar-refractivity contribution >= 4 is 12.4 Å². The summed E-state index contributed by atoms with van der Waals surface area (Å²) in [6, 6.07) is 0. The normalized spacial score (nSPS) is 28.1. The number of hydrogen-bond donors (Lipinski definition) is 1. The molecule has 2 aliphatic rings. The Morgan fingerprint density at radius 3 is 2.09 bits per heavy atom. The second-order valence-corrected chi connectivity index (χ2v) is 3.58. The highest BCUT2D eigenvalue weighted by atomic mass is 35.5. The molecule has 0 bridgehead atoms. The van der Waals surface area contributed by atoms with Crippen molar-refractivity contribution < 1.29 is 5.11 Å². The predicted octanol–water partition coefficient (Wildman–Crippen LogP) is 1.03. The molecule has 3 heteroatoms. The van der Waals surface area contributed by atoms with Gasteiger partial charge in [-0.15, -0.1) is 12.4 Å². The molecule has 1 aliphatic heterocycles. The van der Waals surface area contributed by atoms with Crippen LogP contribution in [0.2, 0.25) is 0 Å². The fourth-order valence-corrected chi connectivity index (χ4v) is 1.91. The molecule has 0 spiro atoms. The molecule has 1 aliphatic carbocycles. The summed E-state index contributed by atoms with van der Waals surface area (Å²) in [4.78, 5) is 2.47. The van der Waals surface area contributed by atoms with Crippen molar-refractivity contribution in [3.63, 3.8) is 0 Å². The Morgan fingerprint density at radius 2 is 1.73 bits per heavy atom. The zero-order valence-corrected chi connectivity index (χ0v) is 7.57. The van der Waals surface area contributed by atoms with Gasteiger partial charge < -0.3 is 5.11 Å². The maximum atomic E-state index is 9.08. The van der Waals surface area contributed by atoms with Crippen LogP contribution in [0.25, 0.3) is 0 Å². The summed E-state index contributed by atoms with van der Waals surface area (Å²) in [5.74, 6) is 0. The summed E-state index contributed by atoms with van der Waals surface area (Å²) in [6.07, 6.45) is 5.12. The van der Waals surface area contributed by atoms with Crippen molar-refractivity contribution in [2.75, 3.05) is 19.7 Å². The van der Waals surface area contributed by atoms with E-state index in [9.17, 15) is 0 Å². The molecule has 0 atom stereocenters. The van der Waals surface area contributed by atoms with Crippen LogP contribution in [0.5, 0.6) is 0 Å². The maximum Gasteiger partial charge on any atom is 0.0615 e. The average molecular weight is 178 g/mol. The number of likely N-dealkylation sites (tertiary alicyclic amines) is 1. The van der Waals surface area contributed by atoms with E-state index in [4.69, 9.17) is 5.11 Å². The van der Waals surface area contributed by atoms with Crippen LogP contribution in [0.4, 0.5) is 0 Å². The van der Waals surface area contributed by atoms with Gasteiger partial charge in [-0.1, -0.05) is 0 Å². The van der Waals surface area contributed by atoms with Gasteiger partial charge in [0.1, 0.15) is 0 Å². The highest BCUT2D eigenvalue weighted by Crippen LogP contribution is 2.42. The molecule has 0 aromatic carbocycles. The third kappa shape index (κ3) is 1.53. The van der Waals surface area contributed by atoms with Crippen LogP contribution < -0.4 is 0 Å². The molecule has 11 heavy (non-hydrogen) atoms. The van der Waals surface area contributed by atoms with E-state index in [1.165, 1.54) is 38.8 Å². The third-order valence-electron chi connectivity index (χ3n) is 2.90. The lowest BCUT2D eigenvalue weighted by atomic mass is 10.2. The minimum atomic E-state index is 0. The van der Waals surface area contributed by atoms with Crippen LogP contribution in [0.15, 0.2) is 0 Å². The van der Waals surface area contributed by atoms with Gasteiger partial charge in [0.15, 0.2) is 0 Å².